The van der Waals surface area contributed by atoms with E-state index in [1.807, 2.05) is 19.6 Å². The van der Waals surface area contributed by atoms with Crippen LogP contribution >= 0.6 is 0 Å². The number of hydroxylamine groups is 2. The van der Waals surface area contributed by atoms with Crippen LogP contribution in [-0.2, 0) is 9.26 Å². The fourth-order valence-electron chi connectivity index (χ4n) is 0.992. The molecule has 0 aliphatic carbocycles. The van der Waals surface area contributed by atoms with E-state index in [9.17, 15) is 4.79 Å². The summed E-state index contributed by atoms with van der Waals surface area (Å²) in [5.41, 5.74) is 0. The first-order valence-electron chi connectivity index (χ1n) is 5.69. The van der Waals surface area contributed by atoms with E-state index in [-0.39, 0.29) is 0 Å². The number of ether oxygens (including phenoxy) is 1. The van der Waals surface area contributed by atoms with Crippen LogP contribution in [0.2, 0.25) is 25.7 Å². The molecule has 0 unspecified atom stereocenters. The van der Waals surface area contributed by atoms with Crippen LogP contribution in [0.15, 0.2) is 12.3 Å². The summed E-state index contributed by atoms with van der Waals surface area (Å²) in [6.45, 7) is 8.55. The van der Waals surface area contributed by atoms with Gasteiger partial charge in [-0.1, -0.05) is 12.1 Å². The van der Waals surface area contributed by atoms with Crippen LogP contribution in [0.4, 0.5) is 4.79 Å². The predicted octanol–water partition coefficient (Wildman–Crippen LogP) is 1.90. The van der Waals surface area contributed by atoms with Crippen molar-refractivity contribution >= 4 is 24.7 Å². The van der Waals surface area contributed by atoms with Crippen molar-refractivity contribution in [1.82, 2.24) is 5.06 Å². The summed E-state index contributed by atoms with van der Waals surface area (Å²) < 4.78 is 10.6. The summed E-state index contributed by atoms with van der Waals surface area (Å²) >= 11 is 0. The molecule has 0 aromatic heterocycles. The second-order valence-corrected chi connectivity index (χ2v) is 9.92. The molecule has 0 aromatic carbocycles. The van der Waals surface area contributed by atoms with Gasteiger partial charge in [0.05, 0.1) is 12.8 Å². The van der Waals surface area contributed by atoms with Gasteiger partial charge in [0.2, 0.25) is 8.32 Å². The molecular weight excluding hydrogens is 238 g/mol. The summed E-state index contributed by atoms with van der Waals surface area (Å²) in [5, 5.41) is 1.37. The van der Waals surface area contributed by atoms with E-state index < -0.39 is 14.4 Å². The maximum Gasteiger partial charge on any atom is 0.437 e. The van der Waals surface area contributed by atoms with Gasteiger partial charge in [0.15, 0.2) is 0 Å². The Morgan fingerprint density at radius 3 is 2.50 bits per heavy atom. The van der Waals surface area contributed by atoms with Crippen LogP contribution < -0.4 is 0 Å². The molecular formula is C10H23NO3Si2. The lowest BCUT2D eigenvalue weighted by Gasteiger charge is -2.27. The van der Waals surface area contributed by atoms with Crippen LogP contribution in [0.3, 0.4) is 0 Å². The molecule has 0 bridgehead atoms. The van der Waals surface area contributed by atoms with Gasteiger partial charge in [-0.25, -0.2) is 4.79 Å². The summed E-state index contributed by atoms with van der Waals surface area (Å²) in [6, 6.07) is 1.16. The molecule has 0 aliphatic heterocycles. The minimum atomic E-state index is -1.76. The maximum atomic E-state index is 11.6. The van der Waals surface area contributed by atoms with E-state index in [1.165, 1.54) is 11.3 Å². The van der Waals surface area contributed by atoms with Crippen LogP contribution in [0, 0.1) is 0 Å². The quantitative estimate of drug-likeness (QED) is 0.416. The van der Waals surface area contributed by atoms with Crippen molar-refractivity contribution in [2.75, 3.05) is 6.54 Å². The molecule has 0 aliphatic rings. The molecule has 0 aromatic rings. The normalized spacial score (nSPS) is 12.0. The first kappa shape index (κ1) is 15.4. The molecule has 0 saturated heterocycles. The van der Waals surface area contributed by atoms with E-state index >= 15 is 0 Å². The Kier molecular flexibility index (Phi) is 7.36. The van der Waals surface area contributed by atoms with E-state index in [1.54, 1.807) is 13.0 Å². The van der Waals surface area contributed by atoms with Gasteiger partial charge < -0.3 is 9.26 Å². The van der Waals surface area contributed by atoms with Crippen molar-refractivity contribution in [2.24, 2.45) is 0 Å². The Labute approximate surface area is 102 Å². The van der Waals surface area contributed by atoms with Crippen molar-refractivity contribution in [3.63, 3.8) is 0 Å². The number of carbonyl (C=O) groups excluding carboxylic acids is 1. The summed E-state index contributed by atoms with van der Waals surface area (Å²) in [5.74, 6) is 0. The molecule has 0 N–H and O–H groups in total. The van der Waals surface area contributed by atoms with Gasteiger partial charge >= 0.3 is 6.09 Å². The number of hydrogen-bond acceptors (Lipinski definition) is 3. The van der Waals surface area contributed by atoms with Gasteiger partial charge in [-0.2, -0.15) is 5.06 Å². The lowest BCUT2D eigenvalue weighted by molar-refractivity contribution is -0.0456. The third-order valence-electron chi connectivity index (χ3n) is 1.61. The molecule has 0 atom stereocenters. The molecule has 94 valence electrons. The fourth-order valence-corrected chi connectivity index (χ4v) is 2.13. The van der Waals surface area contributed by atoms with Gasteiger partial charge in [0, 0.05) is 10.2 Å². The zero-order valence-corrected chi connectivity index (χ0v) is 13.9. The first-order valence-corrected chi connectivity index (χ1v) is 10.5. The average molecular weight is 261 g/mol. The third kappa shape index (κ3) is 7.66. The number of nitrogens with zero attached hydrogens (tertiary/aromatic N) is 1. The molecule has 1 amide bonds. The Balaban J connectivity index is 4.34. The van der Waals surface area contributed by atoms with Gasteiger partial charge in [-0.3, -0.25) is 0 Å². The molecule has 0 radical (unpaired) electrons. The topological polar surface area (TPSA) is 38.8 Å². The van der Waals surface area contributed by atoms with Crippen molar-refractivity contribution in [3.05, 3.63) is 12.3 Å². The van der Waals surface area contributed by atoms with E-state index in [0.29, 0.717) is 6.54 Å². The van der Waals surface area contributed by atoms with Gasteiger partial charge in [-0.15, -0.1) is 0 Å². The van der Waals surface area contributed by atoms with E-state index in [0.717, 1.165) is 22.7 Å². The molecule has 0 fully saturated rings. The number of hydrogen-bond donors (Lipinski definition) is 0. The molecule has 0 spiro atoms. The van der Waals surface area contributed by atoms with Crippen LogP contribution in [0.1, 0.15) is 13.3 Å². The van der Waals surface area contributed by atoms with Crippen LogP contribution in [0.25, 0.3) is 0 Å². The van der Waals surface area contributed by atoms with Crippen LogP contribution in [0.5, 0.6) is 0 Å². The molecule has 0 heterocycles. The second kappa shape index (κ2) is 7.64. The molecule has 4 nitrogen and oxygen atoms in total. The highest BCUT2D eigenvalue weighted by atomic mass is 28.4. The highest BCUT2D eigenvalue weighted by Gasteiger charge is 2.24. The summed E-state index contributed by atoms with van der Waals surface area (Å²) in [7, 11) is -0.612. The predicted molar refractivity (Wildman–Crippen MR) is 71.8 cm³/mol. The molecule has 6 heteroatoms. The number of allylic oxidation sites excluding steroid dienone is 1. The Morgan fingerprint density at radius 1 is 1.44 bits per heavy atom. The largest absolute Gasteiger partial charge is 0.437 e. The highest BCUT2D eigenvalue weighted by molar-refractivity contribution is 6.69. The van der Waals surface area contributed by atoms with E-state index in [4.69, 9.17) is 9.26 Å². The van der Waals surface area contributed by atoms with Gasteiger partial charge in [-0.05, 0) is 33.0 Å². The third-order valence-corrected chi connectivity index (χ3v) is 3.08. The summed E-state index contributed by atoms with van der Waals surface area (Å²) in [4.78, 5) is 11.6. The Hall–Kier alpha value is -0.596. The van der Waals surface area contributed by atoms with Gasteiger partial charge in [0.1, 0.15) is 0 Å². The SMILES string of the molecule is CC=COC(=O)N(CCC[SiH3])O[Si](C)(C)C. The first-order chi connectivity index (χ1) is 7.40. The lowest BCUT2D eigenvalue weighted by atomic mass is 10.5. The van der Waals surface area contributed by atoms with Crippen LogP contribution in [-0.4, -0.2) is 36.3 Å². The minimum Gasteiger partial charge on any atom is -0.417 e. The van der Waals surface area contributed by atoms with E-state index in [2.05, 4.69) is 0 Å². The monoisotopic (exact) mass is 261 g/mol. The average Bonchev–Trinajstić information content (AvgIpc) is 2.19. The lowest BCUT2D eigenvalue weighted by Crippen LogP contribution is -2.41. The Morgan fingerprint density at radius 2 is 2.06 bits per heavy atom. The zero-order chi connectivity index (χ0) is 12.6. The standard InChI is InChI=1S/C10H23NO3Si2/c1-5-8-13-10(12)11(7-6-9-15)14-16(2,3)4/h5,8H,6-7,9H2,1-4,15H3. The van der Waals surface area contributed by atoms with Crippen molar-refractivity contribution in [3.8, 4) is 0 Å². The molecule has 0 rings (SSSR count). The fraction of sp³-hybridized carbons (Fsp3) is 0.700. The van der Waals surface area contributed by atoms with Gasteiger partial charge in [0.25, 0.3) is 0 Å². The van der Waals surface area contributed by atoms with Crippen molar-refractivity contribution < 1.29 is 14.1 Å². The number of rotatable bonds is 6. The Bertz CT molecular complexity index is 239. The van der Waals surface area contributed by atoms with Crippen molar-refractivity contribution in [1.29, 1.82) is 0 Å². The second-order valence-electron chi connectivity index (χ2n) is 4.51. The maximum absolute atomic E-state index is 11.6. The smallest absolute Gasteiger partial charge is 0.417 e. The summed E-state index contributed by atoms with van der Waals surface area (Å²) in [6.07, 6.45) is 3.61. The minimum absolute atomic E-state index is 0.421. The number of carbonyl (C=O) groups is 1. The zero-order valence-electron chi connectivity index (χ0n) is 10.9. The number of amides is 1. The van der Waals surface area contributed by atoms with Crippen molar-refractivity contribution in [2.45, 2.75) is 39.0 Å². The highest BCUT2D eigenvalue weighted by Crippen LogP contribution is 2.09. The molecule has 0 saturated carbocycles. The molecule has 16 heavy (non-hydrogen) atoms.